The first kappa shape index (κ1) is 10.7. The third-order valence-corrected chi connectivity index (χ3v) is 2.83. The minimum absolute atomic E-state index is 0.775. The Bertz CT molecular complexity index is 154. The number of nitrogens with two attached hydrogens (primary N) is 1. The lowest BCUT2D eigenvalue weighted by atomic mass is 10.00. The highest BCUT2D eigenvalue weighted by atomic mass is 15.1. The van der Waals surface area contributed by atoms with Gasteiger partial charge in [-0.2, -0.15) is 0 Å². The molecule has 0 spiro atoms. The van der Waals surface area contributed by atoms with Gasteiger partial charge in [-0.25, -0.2) is 0 Å². The molecule has 2 heteroatoms. The molecule has 1 saturated heterocycles. The molecule has 0 amide bonds. The number of likely N-dealkylation sites (tertiary alicyclic amines) is 1. The van der Waals surface area contributed by atoms with Crippen LogP contribution >= 0.6 is 0 Å². The molecular weight excluding hydrogens is 160 g/mol. The lowest BCUT2D eigenvalue weighted by molar-refractivity contribution is 0.187. The van der Waals surface area contributed by atoms with Crippen molar-refractivity contribution >= 4 is 0 Å². The quantitative estimate of drug-likeness (QED) is 0.671. The molecule has 0 aromatic rings. The first-order chi connectivity index (χ1) is 6.34. The van der Waals surface area contributed by atoms with Crippen LogP contribution in [0.25, 0.3) is 0 Å². The predicted molar refractivity (Wildman–Crippen MR) is 57.7 cm³/mol. The zero-order valence-corrected chi connectivity index (χ0v) is 8.71. The summed E-state index contributed by atoms with van der Waals surface area (Å²) in [5.41, 5.74) is 5.41. The van der Waals surface area contributed by atoms with Gasteiger partial charge >= 0.3 is 0 Å². The van der Waals surface area contributed by atoms with Crippen LogP contribution in [0.5, 0.6) is 0 Å². The summed E-state index contributed by atoms with van der Waals surface area (Å²) in [5, 5.41) is 0. The highest BCUT2D eigenvalue weighted by molar-refractivity contribution is 4.88. The van der Waals surface area contributed by atoms with E-state index in [0.29, 0.717) is 0 Å². The van der Waals surface area contributed by atoms with E-state index in [1.54, 1.807) is 0 Å². The number of nitrogens with zero attached hydrogens (tertiary/aromatic N) is 1. The van der Waals surface area contributed by atoms with E-state index in [0.717, 1.165) is 19.0 Å². The average molecular weight is 182 g/mol. The predicted octanol–water partition coefficient (Wildman–Crippen LogP) is 1.77. The molecule has 1 rings (SSSR count). The minimum Gasteiger partial charge on any atom is -0.330 e. The van der Waals surface area contributed by atoms with Gasteiger partial charge in [-0.15, -0.1) is 0 Å². The Morgan fingerprint density at radius 2 is 2.23 bits per heavy atom. The van der Waals surface area contributed by atoms with Crippen molar-refractivity contribution in [3.05, 3.63) is 12.2 Å². The van der Waals surface area contributed by atoms with Crippen molar-refractivity contribution in [3.63, 3.8) is 0 Å². The Morgan fingerprint density at radius 3 is 2.92 bits per heavy atom. The first-order valence-electron chi connectivity index (χ1n) is 5.40. The van der Waals surface area contributed by atoms with E-state index in [4.69, 9.17) is 5.73 Å². The van der Waals surface area contributed by atoms with Gasteiger partial charge in [0.25, 0.3) is 0 Å². The molecule has 0 aromatic carbocycles. The minimum atomic E-state index is 0.775. The van der Waals surface area contributed by atoms with Crippen LogP contribution in [0.15, 0.2) is 12.2 Å². The van der Waals surface area contributed by atoms with Crippen molar-refractivity contribution in [2.45, 2.75) is 38.1 Å². The number of hydrogen-bond donors (Lipinski definition) is 1. The largest absolute Gasteiger partial charge is 0.330 e. The Balaban J connectivity index is 2.18. The summed E-state index contributed by atoms with van der Waals surface area (Å²) < 4.78 is 0. The lowest BCUT2D eigenvalue weighted by Crippen LogP contribution is -2.35. The molecule has 1 fully saturated rings. The van der Waals surface area contributed by atoms with E-state index >= 15 is 0 Å². The second-order valence-corrected chi connectivity index (χ2v) is 3.91. The summed E-state index contributed by atoms with van der Waals surface area (Å²) in [4.78, 5) is 2.48. The monoisotopic (exact) mass is 182 g/mol. The fourth-order valence-corrected chi connectivity index (χ4v) is 1.91. The van der Waals surface area contributed by atoms with Gasteiger partial charge in [0.2, 0.25) is 0 Å². The molecule has 2 N–H and O–H groups in total. The highest BCUT2D eigenvalue weighted by Crippen LogP contribution is 2.17. The molecule has 1 aliphatic heterocycles. The van der Waals surface area contributed by atoms with Crippen LogP contribution in [0.2, 0.25) is 0 Å². The third kappa shape index (κ3) is 3.92. The molecule has 1 aliphatic rings. The van der Waals surface area contributed by atoms with Crippen molar-refractivity contribution in [2.24, 2.45) is 5.73 Å². The van der Waals surface area contributed by atoms with E-state index in [1.165, 1.54) is 32.2 Å². The van der Waals surface area contributed by atoms with Gasteiger partial charge in [0.15, 0.2) is 0 Å². The highest BCUT2D eigenvalue weighted by Gasteiger charge is 2.16. The lowest BCUT2D eigenvalue weighted by Gasteiger charge is -2.31. The normalized spacial score (nSPS) is 25.5. The standard InChI is InChI=1S/C11H22N2/c1-13-10-6-4-8-11(13)7-3-2-5-9-12/h2-3,11H,4-10,12H2,1H3/b3-2-. The van der Waals surface area contributed by atoms with Gasteiger partial charge in [-0.05, 0) is 45.8 Å². The van der Waals surface area contributed by atoms with Crippen LogP contribution in [-0.4, -0.2) is 31.1 Å². The summed E-state index contributed by atoms with van der Waals surface area (Å²) in [6, 6.07) is 0.780. The summed E-state index contributed by atoms with van der Waals surface area (Å²) in [6.07, 6.45) is 10.9. The molecular formula is C11H22N2. The zero-order chi connectivity index (χ0) is 9.52. The number of rotatable bonds is 4. The first-order valence-corrected chi connectivity index (χ1v) is 5.40. The molecule has 2 nitrogen and oxygen atoms in total. The zero-order valence-electron chi connectivity index (χ0n) is 8.71. The summed E-state index contributed by atoms with van der Waals surface area (Å²) in [6.45, 7) is 2.05. The van der Waals surface area contributed by atoms with Crippen molar-refractivity contribution < 1.29 is 0 Å². The maximum atomic E-state index is 5.41. The van der Waals surface area contributed by atoms with Gasteiger partial charge < -0.3 is 10.6 Å². The molecule has 13 heavy (non-hydrogen) atoms. The topological polar surface area (TPSA) is 29.3 Å². The smallest absolute Gasteiger partial charge is 0.0127 e. The Labute approximate surface area is 81.8 Å². The fourth-order valence-electron chi connectivity index (χ4n) is 1.91. The molecule has 0 aromatic heterocycles. The van der Waals surface area contributed by atoms with Crippen LogP contribution in [0.1, 0.15) is 32.1 Å². The second kappa shape index (κ2) is 6.17. The van der Waals surface area contributed by atoms with Gasteiger partial charge in [0.05, 0.1) is 0 Å². The van der Waals surface area contributed by atoms with E-state index in [-0.39, 0.29) is 0 Å². The summed E-state index contributed by atoms with van der Waals surface area (Å²) in [5.74, 6) is 0. The van der Waals surface area contributed by atoms with Gasteiger partial charge in [-0.1, -0.05) is 18.6 Å². The van der Waals surface area contributed by atoms with Crippen molar-refractivity contribution in [1.29, 1.82) is 0 Å². The molecule has 0 bridgehead atoms. The van der Waals surface area contributed by atoms with Crippen molar-refractivity contribution in [1.82, 2.24) is 4.90 Å². The van der Waals surface area contributed by atoms with Crippen LogP contribution in [0.3, 0.4) is 0 Å². The van der Waals surface area contributed by atoms with Crippen LogP contribution in [0.4, 0.5) is 0 Å². The fraction of sp³-hybridized carbons (Fsp3) is 0.818. The van der Waals surface area contributed by atoms with E-state index < -0.39 is 0 Å². The second-order valence-electron chi connectivity index (χ2n) is 3.91. The maximum Gasteiger partial charge on any atom is 0.0127 e. The Kier molecular flexibility index (Phi) is 5.09. The van der Waals surface area contributed by atoms with Gasteiger partial charge in [0.1, 0.15) is 0 Å². The molecule has 0 aliphatic carbocycles. The van der Waals surface area contributed by atoms with Crippen LogP contribution in [-0.2, 0) is 0 Å². The molecule has 1 atom stereocenters. The SMILES string of the molecule is CN1CCCCC1C/C=C\CCN. The molecule has 0 saturated carbocycles. The number of hydrogen-bond acceptors (Lipinski definition) is 2. The van der Waals surface area contributed by atoms with E-state index in [9.17, 15) is 0 Å². The van der Waals surface area contributed by atoms with Crippen LogP contribution < -0.4 is 5.73 Å². The molecule has 0 radical (unpaired) electrons. The van der Waals surface area contributed by atoms with E-state index in [1.807, 2.05) is 0 Å². The van der Waals surface area contributed by atoms with Gasteiger partial charge in [-0.3, -0.25) is 0 Å². The van der Waals surface area contributed by atoms with Gasteiger partial charge in [0, 0.05) is 6.04 Å². The molecule has 1 heterocycles. The summed E-state index contributed by atoms with van der Waals surface area (Å²) >= 11 is 0. The number of piperidine rings is 1. The third-order valence-electron chi connectivity index (χ3n) is 2.83. The molecule has 1 unspecified atom stereocenters. The van der Waals surface area contributed by atoms with E-state index in [2.05, 4.69) is 24.1 Å². The van der Waals surface area contributed by atoms with Crippen LogP contribution in [0, 0.1) is 0 Å². The molecule has 76 valence electrons. The Morgan fingerprint density at radius 1 is 1.38 bits per heavy atom. The maximum absolute atomic E-state index is 5.41. The van der Waals surface area contributed by atoms with Crippen molar-refractivity contribution in [2.75, 3.05) is 20.1 Å². The Hall–Kier alpha value is -0.340. The van der Waals surface area contributed by atoms with Crippen molar-refractivity contribution in [3.8, 4) is 0 Å². The average Bonchev–Trinajstić information content (AvgIpc) is 2.15. The summed E-state index contributed by atoms with van der Waals surface area (Å²) in [7, 11) is 2.24.